The Morgan fingerprint density at radius 2 is 2.25 bits per heavy atom. The van der Waals surface area contributed by atoms with Crippen molar-refractivity contribution >= 4 is 21.8 Å². The number of hydrogen-bond acceptors (Lipinski definition) is 2. The Kier molecular flexibility index (Phi) is 4.29. The molecule has 0 aromatic heterocycles. The molecule has 0 aliphatic carbocycles. The Hall–Kier alpha value is -1.03. The third-order valence-corrected chi connectivity index (χ3v) is 4.73. The van der Waals surface area contributed by atoms with Crippen LogP contribution < -0.4 is 4.74 Å². The van der Waals surface area contributed by atoms with Crippen LogP contribution in [0.25, 0.3) is 0 Å². The number of amides is 1. The van der Waals surface area contributed by atoms with Crippen LogP contribution >= 0.6 is 15.9 Å². The number of para-hydroxylation sites is 1. The number of halogens is 1. The highest BCUT2D eigenvalue weighted by molar-refractivity contribution is 9.09. The number of nitrogens with zero attached hydrogens (tertiary/aromatic N) is 1. The summed E-state index contributed by atoms with van der Waals surface area (Å²) in [6.45, 7) is 1.77. The topological polar surface area (TPSA) is 29.5 Å². The maximum Gasteiger partial charge on any atom is 0.264 e. The lowest BCUT2D eigenvalue weighted by Gasteiger charge is -2.33. The van der Waals surface area contributed by atoms with Crippen LogP contribution in [0.4, 0.5) is 0 Å². The summed E-state index contributed by atoms with van der Waals surface area (Å²) >= 11 is 3.50. The highest BCUT2D eigenvalue weighted by atomic mass is 79.9. The van der Waals surface area contributed by atoms with Gasteiger partial charge in [-0.15, -0.1) is 0 Å². The van der Waals surface area contributed by atoms with Crippen LogP contribution in [0, 0.1) is 5.92 Å². The lowest BCUT2D eigenvalue weighted by Crippen LogP contribution is -2.46. The number of carbonyl (C=O) groups is 1. The van der Waals surface area contributed by atoms with Crippen LogP contribution in [0.15, 0.2) is 24.3 Å². The summed E-state index contributed by atoms with van der Waals surface area (Å²) in [5, 5.41) is 1.02. The van der Waals surface area contributed by atoms with E-state index in [0.717, 1.165) is 42.6 Å². The normalized spacial score (nSPS) is 25.1. The van der Waals surface area contributed by atoms with Crippen molar-refractivity contribution in [2.75, 3.05) is 18.4 Å². The van der Waals surface area contributed by atoms with Gasteiger partial charge in [0.15, 0.2) is 6.10 Å². The molecule has 2 heterocycles. The molecule has 1 aromatic rings. The first-order chi connectivity index (χ1) is 9.78. The molecule has 2 aliphatic heterocycles. The van der Waals surface area contributed by atoms with Crippen LogP contribution in [0.1, 0.15) is 24.8 Å². The monoisotopic (exact) mass is 337 g/mol. The molecule has 0 bridgehead atoms. The number of hydrogen-bond donors (Lipinski definition) is 0. The first-order valence-electron chi connectivity index (χ1n) is 7.37. The molecule has 1 aromatic carbocycles. The minimum absolute atomic E-state index is 0.167. The second kappa shape index (κ2) is 6.17. The smallest absolute Gasteiger partial charge is 0.264 e. The van der Waals surface area contributed by atoms with Crippen molar-refractivity contribution in [3.05, 3.63) is 29.8 Å². The van der Waals surface area contributed by atoms with E-state index in [1.54, 1.807) is 0 Å². The minimum Gasteiger partial charge on any atom is -0.480 e. The highest BCUT2D eigenvalue weighted by Gasteiger charge is 2.34. The predicted octanol–water partition coefficient (Wildman–Crippen LogP) is 3.01. The molecule has 2 unspecified atom stereocenters. The van der Waals surface area contributed by atoms with Gasteiger partial charge in [0.2, 0.25) is 0 Å². The average molecular weight is 338 g/mol. The van der Waals surface area contributed by atoms with Crippen molar-refractivity contribution in [1.29, 1.82) is 0 Å². The number of ether oxygens (including phenoxy) is 1. The average Bonchev–Trinajstić information content (AvgIpc) is 2.91. The Bertz CT molecular complexity index is 464. The van der Waals surface area contributed by atoms with E-state index >= 15 is 0 Å². The van der Waals surface area contributed by atoms with Gasteiger partial charge in [0.1, 0.15) is 5.75 Å². The largest absolute Gasteiger partial charge is 0.480 e. The molecule has 1 fully saturated rings. The predicted molar refractivity (Wildman–Crippen MR) is 82.3 cm³/mol. The molecule has 4 heteroatoms. The summed E-state index contributed by atoms with van der Waals surface area (Å²) in [5.74, 6) is 1.68. The number of piperidine rings is 1. The summed E-state index contributed by atoms with van der Waals surface area (Å²) in [7, 11) is 0. The molecular weight excluding hydrogens is 318 g/mol. The van der Waals surface area contributed by atoms with Crippen molar-refractivity contribution in [3.63, 3.8) is 0 Å². The molecule has 0 saturated carbocycles. The van der Waals surface area contributed by atoms with E-state index < -0.39 is 0 Å². The number of benzene rings is 1. The van der Waals surface area contributed by atoms with Gasteiger partial charge in [-0.25, -0.2) is 0 Å². The zero-order valence-corrected chi connectivity index (χ0v) is 13.1. The van der Waals surface area contributed by atoms with Gasteiger partial charge in [0.05, 0.1) is 0 Å². The van der Waals surface area contributed by atoms with Gasteiger partial charge in [0.25, 0.3) is 5.91 Å². The Morgan fingerprint density at radius 1 is 1.40 bits per heavy atom. The summed E-state index contributed by atoms with van der Waals surface area (Å²) in [6, 6.07) is 7.96. The fourth-order valence-electron chi connectivity index (χ4n) is 3.18. The molecule has 20 heavy (non-hydrogen) atoms. The summed E-state index contributed by atoms with van der Waals surface area (Å²) in [4.78, 5) is 14.6. The van der Waals surface area contributed by atoms with Gasteiger partial charge in [-0.3, -0.25) is 4.79 Å². The Balaban J connectivity index is 1.63. The molecule has 0 N–H and O–H groups in total. The van der Waals surface area contributed by atoms with E-state index in [-0.39, 0.29) is 12.0 Å². The molecule has 1 amide bonds. The Morgan fingerprint density at radius 3 is 3.05 bits per heavy atom. The maximum absolute atomic E-state index is 12.6. The SMILES string of the molecule is O=C(C1Cc2ccccc2O1)N1CCCC(CCBr)C1. The first-order valence-corrected chi connectivity index (χ1v) is 8.49. The maximum atomic E-state index is 12.6. The standard InChI is InChI=1S/C16H20BrNO2/c17-8-7-12-4-3-9-18(11-12)16(19)15-10-13-5-1-2-6-14(13)20-15/h1-2,5-6,12,15H,3-4,7-11H2. The molecule has 3 rings (SSSR count). The van der Waals surface area contributed by atoms with Crippen LogP contribution in [-0.2, 0) is 11.2 Å². The third kappa shape index (κ3) is 2.85. The fraction of sp³-hybridized carbons (Fsp3) is 0.562. The third-order valence-electron chi connectivity index (χ3n) is 4.27. The van der Waals surface area contributed by atoms with E-state index in [0.29, 0.717) is 12.3 Å². The number of carbonyl (C=O) groups excluding carboxylic acids is 1. The number of fused-ring (bicyclic) bond motifs is 1. The summed E-state index contributed by atoms with van der Waals surface area (Å²) < 4.78 is 5.82. The molecule has 0 spiro atoms. The van der Waals surface area contributed by atoms with Crippen LogP contribution in [0.2, 0.25) is 0 Å². The van der Waals surface area contributed by atoms with E-state index in [2.05, 4.69) is 15.9 Å². The van der Waals surface area contributed by atoms with E-state index in [1.165, 1.54) is 6.42 Å². The number of rotatable bonds is 3. The zero-order valence-electron chi connectivity index (χ0n) is 11.6. The molecule has 0 radical (unpaired) electrons. The van der Waals surface area contributed by atoms with Gasteiger partial charge >= 0.3 is 0 Å². The molecule has 2 aliphatic rings. The van der Waals surface area contributed by atoms with Crippen LogP contribution in [0.5, 0.6) is 5.75 Å². The van der Waals surface area contributed by atoms with Crippen molar-refractivity contribution in [2.45, 2.75) is 31.8 Å². The Labute approximate surface area is 128 Å². The second-order valence-corrected chi connectivity index (χ2v) is 6.48. The molecule has 1 saturated heterocycles. The molecule has 108 valence electrons. The lowest BCUT2D eigenvalue weighted by atomic mass is 9.95. The van der Waals surface area contributed by atoms with Gasteiger partial charge in [-0.05, 0) is 36.8 Å². The van der Waals surface area contributed by atoms with Gasteiger partial charge < -0.3 is 9.64 Å². The van der Waals surface area contributed by atoms with Gasteiger partial charge in [-0.1, -0.05) is 34.1 Å². The van der Waals surface area contributed by atoms with Crippen molar-refractivity contribution in [1.82, 2.24) is 4.90 Å². The van der Waals surface area contributed by atoms with E-state index in [9.17, 15) is 4.79 Å². The van der Waals surface area contributed by atoms with Crippen LogP contribution in [0.3, 0.4) is 0 Å². The van der Waals surface area contributed by atoms with Crippen LogP contribution in [-0.4, -0.2) is 35.3 Å². The number of likely N-dealkylation sites (tertiary alicyclic amines) is 1. The molecule has 3 nitrogen and oxygen atoms in total. The first kappa shape index (κ1) is 13.9. The lowest BCUT2D eigenvalue weighted by molar-refractivity contribution is -0.139. The summed E-state index contributed by atoms with van der Waals surface area (Å²) in [6.07, 6.45) is 3.91. The van der Waals surface area contributed by atoms with Gasteiger partial charge in [-0.2, -0.15) is 0 Å². The zero-order chi connectivity index (χ0) is 13.9. The van der Waals surface area contributed by atoms with Crippen molar-refractivity contribution in [3.8, 4) is 5.75 Å². The van der Waals surface area contributed by atoms with Gasteiger partial charge in [0, 0.05) is 24.8 Å². The molecular formula is C16H20BrNO2. The van der Waals surface area contributed by atoms with E-state index in [1.807, 2.05) is 29.2 Å². The van der Waals surface area contributed by atoms with Crippen molar-refractivity contribution in [2.24, 2.45) is 5.92 Å². The fourth-order valence-corrected chi connectivity index (χ4v) is 3.83. The second-order valence-electron chi connectivity index (χ2n) is 5.69. The number of alkyl halides is 1. The van der Waals surface area contributed by atoms with E-state index in [4.69, 9.17) is 4.74 Å². The quantitative estimate of drug-likeness (QED) is 0.793. The van der Waals surface area contributed by atoms with Crippen molar-refractivity contribution < 1.29 is 9.53 Å². The minimum atomic E-state index is -0.310. The summed E-state index contributed by atoms with van der Waals surface area (Å²) in [5.41, 5.74) is 1.15. The highest BCUT2D eigenvalue weighted by Crippen LogP contribution is 2.30. The molecule has 2 atom stereocenters.